The summed E-state index contributed by atoms with van der Waals surface area (Å²) in [5.41, 5.74) is 0.583. The lowest BCUT2D eigenvalue weighted by Crippen LogP contribution is -2.35. The molecule has 0 radical (unpaired) electrons. The zero-order valence-electron chi connectivity index (χ0n) is 14.7. The number of nitrogens with one attached hydrogen (secondary N) is 2. The lowest BCUT2D eigenvalue weighted by molar-refractivity contribution is -0.173. The van der Waals surface area contributed by atoms with E-state index in [1.54, 1.807) is 37.3 Å². The van der Waals surface area contributed by atoms with Crippen LogP contribution in [0.4, 0.5) is 24.8 Å². The van der Waals surface area contributed by atoms with Gasteiger partial charge in [-0.3, -0.25) is 4.79 Å². The molecule has 0 fully saturated rings. The van der Waals surface area contributed by atoms with Crippen LogP contribution in [-0.2, 0) is 0 Å². The maximum Gasteiger partial charge on any atom is 0.410 e. The molecule has 1 aliphatic rings. The van der Waals surface area contributed by atoms with Crippen LogP contribution < -0.4 is 10.6 Å². The van der Waals surface area contributed by atoms with Crippen molar-refractivity contribution in [1.82, 2.24) is 14.9 Å². The normalized spacial score (nSPS) is 19.0. The molecule has 2 atom stereocenters. The first-order valence-corrected chi connectivity index (χ1v) is 8.53. The molecule has 1 aromatic carbocycles. The van der Waals surface area contributed by atoms with Crippen LogP contribution in [0.15, 0.2) is 47.0 Å². The average Bonchev–Trinajstić information content (AvgIpc) is 3.26. The van der Waals surface area contributed by atoms with Gasteiger partial charge in [-0.2, -0.15) is 18.3 Å². The van der Waals surface area contributed by atoms with E-state index in [1.165, 1.54) is 12.1 Å². The Balaban J connectivity index is 1.65. The van der Waals surface area contributed by atoms with Crippen molar-refractivity contribution in [2.45, 2.75) is 31.6 Å². The van der Waals surface area contributed by atoms with E-state index in [2.05, 4.69) is 20.9 Å². The van der Waals surface area contributed by atoms with E-state index >= 15 is 0 Å². The topological polar surface area (TPSA) is 85.0 Å². The molecule has 3 aromatic rings. The minimum atomic E-state index is -4.51. The second kappa shape index (κ2) is 6.70. The van der Waals surface area contributed by atoms with Crippen LogP contribution in [0.5, 0.6) is 0 Å². The van der Waals surface area contributed by atoms with Gasteiger partial charge in [-0.15, -0.1) is 0 Å². The van der Waals surface area contributed by atoms with Crippen LogP contribution in [-0.4, -0.2) is 27.0 Å². The maximum absolute atomic E-state index is 13.7. The van der Waals surface area contributed by atoms with E-state index < -0.39 is 24.2 Å². The molecule has 146 valence electrons. The van der Waals surface area contributed by atoms with Crippen LogP contribution in [0, 0.1) is 6.92 Å². The van der Waals surface area contributed by atoms with Crippen molar-refractivity contribution in [3.05, 3.63) is 59.5 Å². The van der Waals surface area contributed by atoms with Gasteiger partial charge in [0.15, 0.2) is 17.6 Å². The Hall–Kier alpha value is -3.30. The molecule has 3 heterocycles. The number of nitrogens with zero attached hydrogens (tertiary/aromatic N) is 3. The summed E-state index contributed by atoms with van der Waals surface area (Å²) < 4.78 is 46.7. The molecule has 0 aliphatic carbocycles. The van der Waals surface area contributed by atoms with Crippen LogP contribution in [0.1, 0.15) is 40.3 Å². The van der Waals surface area contributed by atoms with Gasteiger partial charge in [0, 0.05) is 18.6 Å². The second-order valence-corrected chi connectivity index (χ2v) is 6.54. The minimum Gasteiger partial charge on any atom is -0.363 e. The van der Waals surface area contributed by atoms with Crippen LogP contribution in [0.3, 0.4) is 0 Å². The zero-order chi connectivity index (χ0) is 19.9. The predicted molar refractivity (Wildman–Crippen MR) is 93.9 cm³/mol. The van der Waals surface area contributed by atoms with E-state index in [4.69, 9.17) is 4.52 Å². The monoisotopic (exact) mass is 391 g/mol. The van der Waals surface area contributed by atoms with E-state index in [9.17, 15) is 18.0 Å². The van der Waals surface area contributed by atoms with Crippen molar-refractivity contribution in [3.8, 4) is 0 Å². The molecular weight excluding hydrogens is 375 g/mol. The first-order valence-electron chi connectivity index (χ1n) is 8.53. The maximum atomic E-state index is 13.7. The van der Waals surface area contributed by atoms with Gasteiger partial charge in [0.25, 0.3) is 5.91 Å². The third-order valence-electron chi connectivity index (χ3n) is 4.49. The summed E-state index contributed by atoms with van der Waals surface area (Å²) in [6, 6.07) is 9.26. The summed E-state index contributed by atoms with van der Waals surface area (Å²) in [7, 11) is 0. The number of hydrogen-bond donors (Lipinski definition) is 2. The van der Waals surface area contributed by atoms with Gasteiger partial charge in [0.1, 0.15) is 11.6 Å². The fourth-order valence-corrected chi connectivity index (χ4v) is 3.19. The van der Waals surface area contributed by atoms with Gasteiger partial charge < -0.3 is 15.2 Å². The number of anilines is 2. The standard InChI is InChI=1S/C18H16F3N5O2/c1-10-7-15(25-28-10)23-17(27)13-9-16-22-12(11-5-3-2-4-6-11)8-14(18(19,20)21)26(16)24-13/h2-7,9,12,14,22H,8H2,1H3,(H,23,25,27)/t12-,14+/m0/s1. The molecule has 1 amide bonds. The van der Waals surface area contributed by atoms with Crippen molar-refractivity contribution in [2.24, 2.45) is 0 Å². The lowest BCUT2D eigenvalue weighted by Gasteiger charge is -2.33. The molecule has 0 bridgehead atoms. The summed E-state index contributed by atoms with van der Waals surface area (Å²) in [5.74, 6) is 0.109. The first kappa shape index (κ1) is 18.1. The summed E-state index contributed by atoms with van der Waals surface area (Å²) in [4.78, 5) is 12.4. The number of aromatic nitrogens is 3. The molecule has 4 rings (SSSR count). The van der Waals surface area contributed by atoms with Crippen molar-refractivity contribution in [1.29, 1.82) is 0 Å². The van der Waals surface area contributed by atoms with Crippen LogP contribution in [0.2, 0.25) is 0 Å². The number of rotatable bonds is 3. The highest BCUT2D eigenvalue weighted by molar-refractivity contribution is 6.02. The molecule has 2 N–H and O–H groups in total. The molecule has 0 unspecified atom stereocenters. The van der Waals surface area contributed by atoms with Crippen molar-refractivity contribution in [3.63, 3.8) is 0 Å². The molecule has 1 aliphatic heterocycles. The van der Waals surface area contributed by atoms with Crippen molar-refractivity contribution >= 4 is 17.5 Å². The van der Waals surface area contributed by atoms with Crippen LogP contribution in [0.25, 0.3) is 0 Å². The Labute approximate surface area is 157 Å². The van der Waals surface area contributed by atoms with E-state index in [0.29, 0.717) is 5.76 Å². The molecule has 10 heteroatoms. The Bertz CT molecular complexity index is 996. The Morgan fingerprint density at radius 1 is 1.29 bits per heavy atom. The lowest BCUT2D eigenvalue weighted by atomic mass is 9.97. The molecule has 28 heavy (non-hydrogen) atoms. The largest absolute Gasteiger partial charge is 0.410 e. The first-order chi connectivity index (χ1) is 13.3. The van der Waals surface area contributed by atoms with Gasteiger partial charge in [0.05, 0.1) is 6.04 Å². The van der Waals surface area contributed by atoms with E-state index in [-0.39, 0.29) is 23.8 Å². The average molecular weight is 391 g/mol. The quantitative estimate of drug-likeness (QED) is 0.702. The molecule has 0 saturated heterocycles. The predicted octanol–water partition coefficient (Wildman–Crippen LogP) is 4.09. The van der Waals surface area contributed by atoms with Gasteiger partial charge in [-0.25, -0.2) is 4.68 Å². The molecule has 2 aromatic heterocycles. The third-order valence-corrected chi connectivity index (χ3v) is 4.49. The number of carbonyl (C=O) groups is 1. The Morgan fingerprint density at radius 2 is 2.04 bits per heavy atom. The number of carbonyl (C=O) groups excluding carboxylic acids is 1. The number of halogens is 3. The number of aryl methyl sites for hydroxylation is 1. The number of benzene rings is 1. The third kappa shape index (κ3) is 3.45. The summed E-state index contributed by atoms with van der Waals surface area (Å²) in [6.07, 6.45) is -4.74. The van der Waals surface area contributed by atoms with Gasteiger partial charge in [-0.1, -0.05) is 35.5 Å². The molecule has 0 saturated carbocycles. The Kier molecular flexibility index (Phi) is 4.33. The smallest absolute Gasteiger partial charge is 0.363 e. The number of alkyl halides is 3. The fourth-order valence-electron chi connectivity index (χ4n) is 3.19. The van der Waals surface area contributed by atoms with Crippen molar-refractivity contribution in [2.75, 3.05) is 10.6 Å². The summed E-state index contributed by atoms with van der Waals surface area (Å²) >= 11 is 0. The van der Waals surface area contributed by atoms with Crippen LogP contribution >= 0.6 is 0 Å². The van der Waals surface area contributed by atoms with Gasteiger partial charge in [-0.05, 0) is 12.5 Å². The summed E-state index contributed by atoms with van der Waals surface area (Å²) in [6.45, 7) is 1.65. The zero-order valence-corrected chi connectivity index (χ0v) is 14.7. The highest BCUT2D eigenvalue weighted by Crippen LogP contribution is 2.43. The van der Waals surface area contributed by atoms with Gasteiger partial charge >= 0.3 is 6.18 Å². The van der Waals surface area contributed by atoms with E-state index in [0.717, 1.165) is 10.2 Å². The fraction of sp³-hybridized carbons (Fsp3) is 0.278. The highest BCUT2D eigenvalue weighted by atomic mass is 19.4. The molecule has 7 nitrogen and oxygen atoms in total. The second-order valence-electron chi connectivity index (χ2n) is 6.54. The minimum absolute atomic E-state index is 0.129. The highest BCUT2D eigenvalue weighted by Gasteiger charge is 2.46. The SMILES string of the molecule is Cc1cc(NC(=O)c2cc3n(n2)[C@@H](C(F)(F)F)C[C@@H](c2ccccc2)N3)no1. The number of hydrogen-bond acceptors (Lipinski definition) is 5. The number of fused-ring (bicyclic) bond motifs is 1. The number of amides is 1. The molecule has 0 spiro atoms. The van der Waals surface area contributed by atoms with Gasteiger partial charge in [0.2, 0.25) is 0 Å². The molecular formula is C18H16F3N5O2. The summed E-state index contributed by atoms with van der Waals surface area (Å²) in [5, 5.41) is 13.0. The van der Waals surface area contributed by atoms with E-state index in [1.807, 2.05) is 0 Å². The van der Waals surface area contributed by atoms with Crippen molar-refractivity contribution < 1.29 is 22.5 Å². The Morgan fingerprint density at radius 3 is 2.68 bits per heavy atom.